The molecule has 0 amide bonds. The summed E-state index contributed by atoms with van der Waals surface area (Å²) in [7, 11) is 2.94. The first kappa shape index (κ1) is 28.8. The molecule has 1 aliphatic rings. The number of fused-ring (bicyclic) bond motifs is 1. The third-order valence-corrected chi connectivity index (χ3v) is 8.01. The zero-order valence-electron chi connectivity index (χ0n) is 23.8. The van der Waals surface area contributed by atoms with Gasteiger partial charge in [-0.15, -0.1) is 6.58 Å². The van der Waals surface area contributed by atoms with Crippen LogP contribution in [0.5, 0.6) is 11.5 Å². The van der Waals surface area contributed by atoms with Crippen molar-refractivity contribution in [3.63, 3.8) is 0 Å². The van der Waals surface area contributed by atoms with Crippen LogP contribution in [0, 0.1) is 0 Å². The van der Waals surface area contributed by atoms with E-state index < -0.39 is 12.0 Å². The zero-order chi connectivity index (χ0) is 29.6. The number of esters is 1. The molecule has 2 heterocycles. The molecule has 1 aromatic heterocycles. The van der Waals surface area contributed by atoms with Crippen LogP contribution < -0.4 is 24.4 Å². The number of aromatic nitrogens is 1. The average Bonchev–Trinajstić information content (AvgIpc) is 3.33. The van der Waals surface area contributed by atoms with Gasteiger partial charge in [-0.2, -0.15) is 0 Å². The highest BCUT2D eigenvalue weighted by Crippen LogP contribution is 2.35. The molecule has 0 spiro atoms. The summed E-state index contributed by atoms with van der Waals surface area (Å²) in [6.45, 7) is 6.24. The number of rotatable bonds is 10. The molecule has 7 nitrogen and oxygen atoms in total. The van der Waals surface area contributed by atoms with Crippen LogP contribution in [0.2, 0.25) is 0 Å². The van der Waals surface area contributed by atoms with Gasteiger partial charge in [-0.3, -0.25) is 9.36 Å². The first-order valence-corrected chi connectivity index (χ1v) is 14.5. The topological polar surface area (TPSA) is 79.1 Å². The van der Waals surface area contributed by atoms with Gasteiger partial charge in [0.15, 0.2) is 16.3 Å². The Balaban J connectivity index is 1.63. The summed E-state index contributed by atoms with van der Waals surface area (Å²) in [5.41, 5.74) is 4.26. The van der Waals surface area contributed by atoms with Crippen LogP contribution in [-0.2, 0) is 22.6 Å². The summed E-state index contributed by atoms with van der Waals surface area (Å²) in [5, 5.41) is 0. The molecule has 5 rings (SSSR count). The lowest BCUT2D eigenvalue weighted by Gasteiger charge is -2.25. The van der Waals surface area contributed by atoms with Gasteiger partial charge in [0, 0.05) is 5.56 Å². The van der Waals surface area contributed by atoms with E-state index in [2.05, 4.69) is 6.58 Å². The van der Waals surface area contributed by atoms with E-state index in [0.29, 0.717) is 51.6 Å². The lowest BCUT2D eigenvalue weighted by molar-refractivity contribution is -0.136. The molecular formula is C34H32N2O5S. The van der Waals surface area contributed by atoms with Gasteiger partial charge in [0.25, 0.3) is 5.56 Å². The van der Waals surface area contributed by atoms with Crippen LogP contribution >= 0.6 is 11.3 Å². The molecule has 42 heavy (non-hydrogen) atoms. The summed E-state index contributed by atoms with van der Waals surface area (Å²) in [6, 6.07) is 22.6. The molecule has 4 aromatic rings. The zero-order valence-corrected chi connectivity index (χ0v) is 24.6. The van der Waals surface area contributed by atoms with Crippen LogP contribution in [-0.4, -0.2) is 24.8 Å². The van der Waals surface area contributed by atoms with Crippen molar-refractivity contribution in [1.82, 2.24) is 4.57 Å². The maximum absolute atomic E-state index is 14.0. The predicted molar refractivity (Wildman–Crippen MR) is 165 cm³/mol. The number of carbonyl (C=O) groups is 1. The van der Waals surface area contributed by atoms with E-state index in [4.69, 9.17) is 19.2 Å². The molecule has 0 saturated carbocycles. The normalized spacial score (nSPS) is 14.6. The van der Waals surface area contributed by atoms with E-state index in [1.54, 1.807) is 11.7 Å². The molecule has 0 bridgehead atoms. The maximum atomic E-state index is 14.0. The van der Waals surface area contributed by atoms with Crippen LogP contribution in [0.3, 0.4) is 0 Å². The minimum Gasteiger partial charge on any atom is -0.493 e. The second kappa shape index (κ2) is 12.9. The lowest BCUT2D eigenvalue weighted by atomic mass is 9.95. The van der Waals surface area contributed by atoms with Crippen molar-refractivity contribution >= 4 is 23.4 Å². The molecule has 1 atom stereocenters. The number of carbonyl (C=O) groups excluding carboxylic acids is 1. The van der Waals surface area contributed by atoms with Crippen LogP contribution in [0.15, 0.2) is 107 Å². The number of benzene rings is 3. The minimum atomic E-state index is -0.647. The molecule has 3 aromatic carbocycles. The monoisotopic (exact) mass is 580 g/mol. The molecule has 0 aliphatic carbocycles. The minimum absolute atomic E-state index is 0.238. The van der Waals surface area contributed by atoms with Crippen molar-refractivity contribution in [3.8, 4) is 11.5 Å². The lowest BCUT2D eigenvalue weighted by Crippen LogP contribution is -2.40. The Bertz CT molecular complexity index is 1820. The van der Waals surface area contributed by atoms with Gasteiger partial charge >= 0.3 is 5.97 Å². The van der Waals surface area contributed by atoms with Gasteiger partial charge in [0.2, 0.25) is 0 Å². The van der Waals surface area contributed by atoms with Crippen LogP contribution in [0.25, 0.3) is 6.08 Å². The number of ether oxygens (including phenoxy) is 3. The van der Waals surface area contributed by atoms with Gasteiger partial charge < -0.3 is 14.2 Å². The van der Waals surface area contributed by atoms with Crippen LogP contribution in [0.1, 0.15) is 41.6 Å². The van der Waals surface area contributed by atoms with E-state index in [9.17, 15) is 9.59 Å². The molecule has 0 N–H and O–H groups in total. The molecule has 0 fully saturated rings. The standard InChI is InChI=1S/C34H32N2O5S/c1-5-13-25-18-23(19-27(39-3)31(25)41-21-22-14-9-7-10-15-22)20-28-32(37)36-30(24-16-11-8-12-17-24)29(33(38)40-4)26(6-2)35-34(36)42-28/h5,7-12,14-20,30H,1,6,13,21H2,2-4H3/b28-20-/t30-/m1/s1. The van der Waals surface area contributed by atoms with E-state index in [-0.39, 0.29) is 5.56 Å². The van der Waals surface area contributed by atoms with Crippen molar-refractivity contribution in [1.29, 1.82) is 0 Å². The highest BCUT2D eigenvalue weighted by Gasteiger charge is 2.33. The number of allylic oxidation sites excluding steroid dienone is 2. The summed E-state index contributed by atoms with van der Waals surface area (Å²) in [5.74, 6) is 0.704. The van der Waals surface area contributed by atoms with E-state index in [1.165, 1.54) is 18.4 Å². The van der Waals surface area contributed by atoms with E-state index in [1.807, 2.05) is 91.9 Å². The van der Waals surface area contributed by atoms with Crippen molar-refractivity contribution in [2.24, 2.45) is 4.99 Å². The largest absolute Gasteiger partial charge is 0.493 e. The Kier molecular flexibility index (Phi) is 8.83. The summed E-state index contributed by atoms with van der Waals surface area (Å²) >= 11 is 1.29. The molecule has 8 heteroatoms. The highest BCUT2D eigenvalue weighted by molar-refractivity contribution is 7.07. The average molecular weight is 581 g/mol. The third-order valence-electron chi connectivity index (χ3n) is 7.03. The van der Waals surface area contributed by atoms with Crippen LogP contribution in [0.4, 0.5) is 0 Å². The highest BCUT2D eigenvalue weighted by atomic mass is 32.1. The van der Waals surface area contributed by atoms with Gasteiger partial charge in [-0.05, 0) is 47.7 Å². The van der Waals surface area contributed by atoms with Crippen molar-refractivity contribution in [2.75, 3.05) is 14.2 Å². The molecule has 0 radical (unpaired) electrons. The van der Waals surface area contributed by atoms with Gasteiger partial charge in [-0.25, -0.2) is 9.79 Å². The van der Waals surface area contributed by atoms with E-state index in [0.717, 1.165) is 22.3 Å². The predicted octanol–water partition coefficient (Wildman–Crippen LogP) is 5.11. The second-order valence-electron chi connectivity index (χ2n) is 9.68. The smallest absolute Gasteiger partial charge is 0.338 e. The summed E-state index contributed by atoms with van der Waals surface area (Å²) < 4.78 is 19.2. The van der Waals surface area contributed by atoms with E-state index >= 15 is 0 Å². The second-order valence-corrected chi connectivity index (χ2v) is 10.7. The van der Waals surface area contributed by atoms with Gasteiger partial charge in [0.05, 0.1) is 36.1 Å². The Morgan fingerprint density at radius 2 is 1.79 bits per heavy atom. The third kappa shape index (κ3) is 5.71. The molecular weight excluding hydrogens is 548 g/mol. The Hall–Kier alpha value is -4.69. The Labute approximate surface area is 248 Å². The molecule has 1 aliphatic heterocycles. The fraction of sp³-hybridized carbons (Fsp3) is 0.206. The van der Waals surface area contributed by atoms with Crippen molar-refractivity contribution < 1.29 is 19.0 Å². The van der Waals surface area contributed by atoms with Crippen molar-refractivity contribution in [3.05, 3.63) is 139 Å². The molecule has 0 saturated heterocycles. The Morgan fingerprint density at radius 3 is 2.43 bits per heavy atom. The maximum Gasteiger partial charge on any atom is 0.338 e. The number of nitrogens with zero attached hydrogens (tertiary/aromatic N) is 2. The summed E-state index contributed by atoms with van der Waals surface area (Å²) in [4.78, 5) is 32.2. The first-order valence-electron chi connectivity index (χ1n) is 13.7. The number of hydrogen-bond donors (Lipinski definition) is 0. The molecule has 214 valence electrons. The number of methoxy groups -OCH3 is 2. The van der Waals surface area contributed by atoms with Crippen molar-refractivity contribution in [2.45, 2.75) is 32.4 Å². The fourth-order valence-electron chi connectivity index (χ4n) is 5.09. The number of thiazole rings is 1. The van der Waals surface area contributed by atoms with Gasteiger partial charge in [-0.1, -0.05) is 85.0 Å². The molecule has 0 unspecified atom stereocenters. The Morgan fingerprint density at radius 1 is 1.07 bits per heavy atom. The first-order chi connectivity index (χ1) is 20.5. The summed E-state index contributed by atoms with van der Waals surface area (Å²) in [6.07, 6.45) is 4.71. The SMILES string of the molecule is C=CCc1cc(/C=c2\sc3n(c2=O)[C@H](c2ccccc2)C(C(=O)OC)=C(CC)N=3)cc(OC)c1OCc1ccccc1. The fourth-order valence-corrected chi connectivity index (χ4v) is 6.11. The number of hydrogen-bond acceptors (Lipinski definition) is 7. The quantitative estimate of drug-likeness (QED) is 0.192. The van der Waals surface area contributed by atoms with Gasteiger partial charge in [0.1, 0.15) is 6.61 Å².